The Balaban J connectivity index is 1.53. The number of nitrogens with one attached hydrogen (secondary N) is 2. The summed E-state index contributed by atoms with van der Waals surface area (Å²) in [6.45, 7) is 1.19. The quantitative estimate of drug-likeness (QED) is 0.697. The van der Waals surface area contributed by atoms with Gasteiger partial charge in [0.1, 0.15) is 23.6 Å². The zero-order valence-corrected chi connectivity index (χ0v) is 15.7. The molecule has 0 bridgehead atoms. The van der Waals surface area contributed by atoms with E-state index in [0.29, 0.717) is 24.6 Å². The van der Waals surface area contributed by atoms with E-state index in [1.54, 1.807) is 13.2 Å². The van der Waals surface area contributed by atoms with Gasteiger partial charge in [-0.25, -0.2) is 9.97 Å². The van der Waals surface area contributed by atoms with Crippen molar-refractivity contribution in [2.75, 3.05) is 19.0 Å². The van der Waals surface area contributed by atoms with Gasteiger partial charge >= 0.3 is 0 Å². The second-order valence-corrected chi connectivity index (χ2v) is 6.57. The van der Waals surface area contributed by atoms with Crippen LogP contribution in [0.5, 0.6) is 5.75 Å². The van der Waals surface area contributed by atoms with Crippen LogP contribution in [-0.2, 0) is 6.54 Å². The smallest absolute Gasteiger partial charge is 0.270 e. The predicted octanol–water partition coefficient (Wildman–Crippen LogP) is 3.72. The maximum atomic E-state index is 12.3. The van der Waals surface area contributed by atoms with Crippen LogP contribution >= 0.6 is 0 Å². The van der Waals surface area contributed by atoms with Gasteiger partial charge in [-0.05, 0) is 38.2 Å². The first kappa shape index (κ1) is 18.9. The summed E-state index contributed by atoms with van der Waals surface area (Å²) in [6.07, 6.45) is 9.48. The van der Waals surface area contributed by atoms with Crippen molar-refractivity contribution in [1.29, 1.82) is 0 Å². The summed E-state index contributed by atoms with van der Waals surface area (Å²) in [6, 6.07) is 9.46. The second kappa shape index (κ2) is 9.71. The first-order chi connectivity index (χ1) is 13.3. The van der Waals surface area contributed by atoms with Gasteiger partial charge in [-0.15, -0.1) is 0 Å². The van der Waals surface area contributed by atoms with Crippen LogP contribution in [0, 0.1) is 0 Å². The van der Waals surface area contributed by atoms with Crippen molar-refractivity contribution >= 4 is 11.7 Å². The lowest BCUT2D eigenvalue weighted by Crippen LogP contribution is -2.26. The van der Waals surface area contributed by atoms with Gasteiger partial charge in [0.15, 0.2) is 0 Å². The summed E-state index contributed by atoms with van der Waals surface area (Å²) < 4.78 is 5.35. The number of amides is 1. The molecule has 2 N–H and O–H groups in total. The molecule has 0 spiro atoms. The van der Waals surface area contributed by atoms with Crippen molar-refractivity contribution in [2.24, 2.45) is 0 Å². The van der Waals surface area contributed by atoms with Gasteiger partial charge in [-0.1, -0.05) is 29.8 Å². The normalized spacial score (nSPS) is 13.6. The second-order valence-electron chi connectivity index (χ2n) is 6.57. The standard InChI is InChI=1S/C21H26N4O2/c1-27-19-10-6-5-9-17(19)14-23-20-13-18(24-15-25-20)21(26)22-12-11-16-7-3-2-4-8-16/h5-7,9-10,13,15H,2-4,8,11-12,14H2,1H3,(H,22,26)(H,23,24,25). The highest BCUT2D eigenvalue weighted by Gasteiger charge is 2.10. The predicted molar refractivity (Wildman–Crippen MR) is 106 cm³/mol. The number of aromatic nitrogens is 2. The van der Waals surface area contributed by atoms with Crippen molar-refractivity contribution in [2.45, 2.75) is 38.6 Å². The fraction of sp³-hybridized carbons (Fsp3) is 0.381. The number of hydrogen-bond donors (Lipinski definition) is 2. The number of para-hydroxylation sites is 1. The van der Waals surface area contributed by atoms with E-state index in [1.807, 2.05) is 24.3 Å². The minimum absolute atomic E-state index is 0.172. The van der Waals surface area contributed by atoms with E-state index in [2.05, 4.69) is 26.7 Å². The molecule has 27 heavy (non-hydrogen) atoms. The summed E-state index contributed by atoms with van der Waals surface area (Å²) >= 11 is 0. The molecule has 1 aliphatic rings. The number of benzene rings is 1. The minimum Gasteiger partial charge on any atom is -0.496 e. The van der Waals surface area contributed by atoms with Gasteiger partial charge in [-0.2, -0.15) is 0 Å². The van der Waals surface area contributed by atoms with Crippen LogP contribution in [0.2, 0.25) is 0 Å². The molecule has 1 aromatic carbocycles. The molecule has 0 unspecified atom stereocenters. The molecule has 1 aliphatic carbocycles. The Kier molecular flexibility index (Phi) is 6.79. The molecular weight excluding hydrogens is 340 g/mol. The fourth-order valence-corrected chi connectivity index (χ4v) is 3.17. The Morgan fingerprint density at radius 1 is 1.22 bits per heavy atom. The van der Waals surface area contributed by atoms with Crippen LogP contribution in [-0.4, -0.2) is 29.5 Å². The van der Waals surface area contributed by atoms with E-state index in [0.717, 1.165) is 30.6 Å². The topological polar surface area (TPSA) is 76.1 Å². The van der Waals surface area contributed by atoms with E-state index in [9.17, 15) is 4.79 Å². The Hall–Kier alpha value is -2.89. The Bertz CT molecular complexity index is 804. The van der Waals surface area contributed by atoms with Gasteiger partial charge in [0.05, 0.1) is 7.11 Å². The largest absolute Gasteiger partial charge is 0.496 e. The number of carbonyl (C=O) groups excluding carboxylic acids is 1. The van der Waals surface area contributed by atoms with Crippen molar-refractivity contribution < 1.29 is 9.53 Å². The lowest BCUT2D eigenvalue weighted by molar-refractivity contribution is 0.0949. The molecule has 6 heteroatoms. The van der Waals surface area contributed by atoms with Gasteiger partial charge in [0, 0.05) is 24.7 Å². The molecule has 6 nitrogen and oxygen atoms in total. The SMILES string of the molecule is COc1ccccc1CNc1cc(C(=O)NCCC2=CCCCC2)ncn1. The third-order valence-electron chi connectivity index (χ3n) is 4.67. The van der Waals surface area contributed by atoms with E-state index in [-0.39, 0.29) is 5.91 Å². The number of ether oxygens (including phenoxy) is 1. The highest BCUT2D eigenvalue weighted by molar-refractivity contribution is 5.92. The van der Waals surface area contributed by atoms with Crippen LogP contribution in [0.3, 0.4) is 0 Å². The molecule has 1 heterocycles. The fourth-order valence-electron chi connectivity index (χ4n) is 3.17. The number of anilines is 1. The van der Waals surface area contributed by atoms with Crippen LogP contribution < -0.4 is 15.4 Å². The van der Waals surface area contributed by atoms with Crippen LogP contribution in [0.25, 0.3) is 0 Å². The third-order valence-corrected chi connectivity index (χ3v) is 4.67. The van der Waals surface area contributed by atoms with E-state index in [1.165, 1.54) is 24.7 Å². The molecule has 0 aliphatic heterocycles. The van der Waals surface area contributed by atoms with E-state index < -0.39 is 0 Å². The summed E-state index contributed by atoms with van der Waals surface area (Å²) in [5.74, 6) is 1.25. The summed E-state index contributed by atoms with van der Waals surface area (Å²) in [5.41, 5.74) is 2.83. The number of carbonyl (C=O) groups is 1. The summed E-state index contributed by atoms with van der Waals surface area (Å²) in [4.78, 5) is 20.6. The Morgan fingerprint density at radius 2 is 2.11 bits per heavy atom. The van der Waals surface area contributed by atoms with Gasteiger partial charge in [0.25, 0.3) is 5.91 Å². The van der Waals surface area contributed by atoms with Crippen LogP contribution in [0.1, 0.15) is 48.2 Å². The van der Waals surface area contributed by atoms with Crippen molar-refractivity contribution in [3.63, 3.8) is 0 Å². The first-order valence-electron chi connectivity index (χ1n) is 9.40. The first-order valence-corrected chi connectivity index (χ1v) is 9.40. The summed E-state index contributed by atoms with van der Waals surface area (Å²) in [5, 5.41) is 6.17. The van der Waals surface area contributed by atoms with Crippen LogP contribution in [0.4, 0.5) is 5.82 Å². The molecule has 3 rings (SSSR count). The van der Waals surface area contributed by atoms with E-state index in [4.69, 9.17) is 4.74 Å². The molecular formula is C21H26N4O2. The number of nitrogens with zero attached hydrogens (tertiary/aromatic N) is 2. The zero-order chi connectivity index (χ0) is 18.9. The molecule has 0 radical (unpaired) electrons. The van der Waals surface area contributed by atoms with Crippen LogP contribution in [0.15, 0.2) is 48.3 Å². The van der Waals surface area contributed by atoms with Crippen molar-refractivity contribution in [1.82, 2.24) is 15.3 Å². The van der Waals surface area contributed by atoms with E-state index >= 15 is 0 Å². The minimum atomic E-state index is -0.172. The van der Waals surface area contributed by atoms with Crippen molar-refractivity contribution in [3.8, 4) is 5.75 Å². The molecule has 0 atom stereocenters. The molecule has 0 fully saturated rings. The highest BCUT2D eigenvalue weighted by Crippen LogP contribution is 2.20. The molecule has 0 saturated carbocycles. The average Bonchev–Trinajstić information content (AvgIpc) is 2.73. The monoisotopic (exact) mass is 366 g/mol. The third kappa shape index (κ3) is 5.54. The molecule has 2 aromatic rings. The Morgan fingerprint density at radius 3 is 2.93 bits per heavy atom. The number of methoxy groups -OCH3 is 1. The maximum Gasteiger partial charge on any atom is 0.270 e. The Labute approximate surface area is 160 Å². The maximum absolute atomic E-state index is 12.3. The van der Waals surface area contributed by atoms with Gasteiger partial charge < -0.3 is 15.4 Å². The number of rotatable bonds is 8. The van der Waals surface area contributed by atoms with Gasteiger partial charge in [-0.3, -0.25) is 4.79 Å². The number of allylic oxidation sites excluding steroid dienone is 1. The van der Waals surface area contributed by atoms with Crippen molar-refractivity contribution in [3.05, 3.63) is 59.6 Å². The molecule has 142 valence electrons. The molecule has 0 saturated heterocycles. The molecule has 1 aromatic heterocycles. The lowest BCUT2D eigenvalue weighted by atomic mass is 9.97. The average molecular weight is 366 g/mol. The number of hydrogen-bond acceptors (Lipinski definition) is 5. The molecule has 1 amide bonds. The van der Waals surface area contributed by atoms with Gasteiger partial charge in [0.2, 0.25) is 0 Å². The summed E-state index contributed by atoms with van der Waals surface area (Å²) in [7, 11) is 1.65. The highest BCUT2D eigenvalue weighted by atomic mass is 16.5. The zero-order valence-electron chi connectivity index (χ0n) is 15.7. The lowest BCUT2D eigenvalue weighted by Gasteiger charge is -2.13.